The van der Waals surface area contributed by atoms with Crippen molar-refractivity contribution in [1.29, 1.82) is 0 Å². The van der Waals surface area contributed by atoms with Gasteiger partial charge in [0.25, 0.3) is 0 Å². The highest BCUT2D eigenvalue weighted by molar-refractivity contribution is 9.10. The van der Waals surface area contributed by atoms with Crippen molar-refractivity contribution in [1.82, 2.24) is 5.43 Å². The van der Waals surface area contributed by atoms with Gasteiger partial charge in [0, 0.05) is 4.47 Å². The number of hydrogen-bond donors (Lipinski definition) is 2. The van der Waals surface area contributed by atoms with E-state index in [-0.39, 0.29) is 6.42 Å². The Hall–Kier alpha value is -0.940. The molecular weight excluding hydrogens is 239 g/mol. The van der Waals surface area contributed by atoms with Crippen molar-refractivity contribution in [2.45, 2.75) is 6.42 Å². The van der Waals surface area contributed by atoms with Crippen molar-refractivity contribution >= 4 is 21.8 Å². The number of hydrogen-bond acceptors (Lipinski definition) is 2. The van der Waals surface area contributed by atoms with Gasteiger partial charge in [-0.15, -0.1) is 0 Å². The first-order valence-electron chi connectivity index (χ1n) is 3.57. The molecule has 0 fully saturated rings. The van der Waals surface area contributed by atoms with Crippen LogP contribution >= 0.6 is 15.9 Å². The van der Waals surface area contributed by atoms with Crippen LogP contribution < -0.4 is 11.3 Å². The summed E-state index contributed by atoms with van der Waals surface area (Å²) in [4.78, 5) is 10.8. The van der Waals surface area contributed by atoms with Gasteiger partial charge < -0.3 is 0 Å². The monoisotopic (exact) mass is 246 g/mol. The third-order valence-corrected chi connectivity index (χ3v) is 2.01. The number of halogens is 2. The Morgan fingerprint density at radius 2 is 2.31 bits per heavy atom. The summed E-state index contributed by atoms with van der Waals surface area (Å²) in [5.74, 6) is 4.04. The van der Waals surface area contributed by atoms with Gasteiger partial charge in [0.1, 0.15) is 5.82 Å². The van der Waals surface area contributed by atoms with Crippen LogP contribution in [0.3, 0.4) is 0 Å². The molecule has 13 heavy (non-hydrogen) atoms. The molecule has 0 saturated heterocycles. The minimum absolute atomic E-state index is 0.0538. The van der Waals surface area contributed by atoms with E-state index in [4.69, 9.17) is 5.84 Å². The zero-order chi connectivity index (χ0) is 9.84. The van der Waals surface area contributed by atoms with Crippen LogP contribution in [0.5, 0.6) is 0 Å². The lowest BCUT2D eigenvalue weighted by Crippen LogP contribution is -2.31. The molecule has 1 rings (SSSR count). The van der Waals surface area contributed by atoms with E-state index < -0.39 is 11.7 Å². The summed E-state index contributed by atoms with van der Waals surface area (Å²) in [6, 6.07) is 4.41. The Bertz CT molecular complexity index is 330. The molecule has 1 aromatic carbocycles. The molecule has 0 heterocycles. The third kappa shape index (κ3) is 2.78. The van der Waals surface area contributed by atoms with Gasteiger partial charge in [-0.1, -0.05) is 15.9 Å². The highest BCUT2D eigenvalue weighted by Crippen LogP contribution is 2.15. The average molecular weight is 247 g/mol. The van der Waals surface area contributed by atoms with Crippen molar-refractivity contribution < 1.29 is 9.18 Å². The molecule has 0 atom stereocenters. The molecular formula is C8H8BrFN2O. The van der Waals surface area contributed by atoms with E-state index in [1.54, 1.807) is 12.1 Å². The van der Waals surface area contributed by atoms with Crippen LogP contribution in [0.1, 0.15) is 5.56 Å². The van der Waals surface area contributed by atoms with Gasteiger partial charge in [0.05, 0.1) is 6.42 Å². The summed E-state index contributed by atoms with van der Waals surface area (Å²) >= 11 is 3.18. The number of nitrogens with one attached hydrogen (secondary N) is 1. The predicted octanol–water partition coefficient (Wildman–Crippen LogP) is 1.12. The van der Waals surface area contributed by atoms with Crippen molar-refractivity contribution in [2.24, 2.45) is 5.84 Å². The maximum Gasteiger partial charge on any atom is 0.238 e. The first-order valence-corrected chi connectivity index (χ1v) is 4.36. The van der Waals surface area contributed by atoms with Crippen molar-refractivity contribution in [2.75, 3.05) is 0 Å². The SMILES string of the molecule is NNC(=O)Cc1cc(Br)ccc1F. The first kappa shape index (κ1) is 10.1. The molecule has 0 saturated carbocycles. The number of carbonyl (C=O) groups excluding carboxylic acids is 1. The summed E-state index contributed by atoms with van der Waals surface area (Å²) in [6.45, 7) is 0. The lowest BCUT2D eigenvalue weighted by Gasteiger charge is -2.02. The topological polar surface area (TPSA) is 55.1 Å². The number of carbonyl (C=O) groups is 1. The number of hydrazine groups is 1. The van der Waals surface area contributed by atoms with E-state index in [0.717, 1.165) is 4.47 Å². The van der Waals surface area contributed by atoms with E-state index >= 15 is 0 Å². The van der Waals surface area contributed by atoms with Gasteiger partial charge in [-0.3, -0.25) is 10.2 Å². The Labute approximate surface area is 83.2 Å². The van der Waals surface area contributed by atoms with Crippen LogP contribution in [0.15, 0.2) is 22.7 Å². The average Bonchev–Trinajstić information content (AvgIpc) is 2.11. The van der Waals surface area contributed by atoms with Gasteiger partial charge in [0.2, 0.25) is 5.91 Å². The van der Waals surface area contributed by atoms with Crippen LogP contribution in [0.4, 0.5) is 4.39 Å². The fourth-order valence-electron chi connectivity index (χ4n) is 0.903. The van der Waals surface area contributed by atoms with E-state index in [0.29, 0.717) is 5.56 Å². The second kappa shape index (κ2) is 4.34. The summed E-state index contributed by atoms with van der Waals surface area (Å²) in [7, 11) is 0. The maximum atomic E-state index is 13.0. The predicted molar refractivity (Wildman–Crippen MR) is 50.1 cm³/mol. The minimum Gasteiger partial charge on any atom is -0.294 e. The number of rotatable bonds is 2. The quantitative estimate of drug-likeness (QED) is 0.467. The molecule has 1 aromatic rings. The van der Waals surface area contributed by atoms with E-state index in [2.05, 4.69) is 15.9 Å². The third-order valence-electron chi connectivity index (χ3n) is 1.52. The molecule has 0 radical (unpaired) electrons. The Balaban J connectivity index is 2.87. The van der Waals surface area contributed by atoms with Gasteiger partial charge in [-0.25, -0.2) is 10.2 Å². The van der Waals surface area contributed by atoms with E-state index in [1.807, 2.05) is 5.43 Å². The smallest absolute Gasteiger partial charge is 0.238 e. The highest BCUT2D eigenvalue weighted by Gasteiger charge is 2.06. The van der Waals surface area contributed by atoms with Gasteiger partial charge >= 0.3 is 0 Å². The van der Waals surface area contributed by atoms with Crippen molar-refractivity contribution in [3.63, 3.8) is 0 Å². The van der Waals surface area contributed by atoms with Crippen LogP contribution in [-0.2, 0) is 11.2 Å². The molecule has 70 valence electrons. The molecule has 3 nitrogen and oxygen atoms in total. The molecule has 0 bridgehead atoms. The zero-order valence-corrected chi connectivity index (χ0v) is 8.27. The van der Waals surface area contributed by atoms with Crippen molar-refractivity contribution in [3.8, 4) is 0 Å². The molecule has 0 unspecified atom stereocenters. The minimum atomic E-state index is -0.419. The molecule has 3 N–H and O–H groups in total. The van der Waals surface area contributed by atoms with Crippen LogP contribution in [-0.4, -0.2) is 5.91 Å². The van der Waals surface area contributed by atoms with Crippen LogP contribution in [0.2, 0.25) is 0 Å². The standard InChI is InChI=1S/C8H8BrFN2O/c9-6-1-2-7(10)5(3-6)4-8(13)12-11/h1-3H,4,11H2,(H,12,13). The molecule has 0 spiro atoms. The molecule has 0 aliphatic heterocycles. The summed E-state index contributed by atoms with van der Waals surface area (Å²) in [5.41, 5.74) is 2.26. The van der Waals surface area contributed by atoms with Gasteiger partial charge in [-0.05, 0) is 23.8 Å². The maximum absolute atomic E-state index is 13.0. The van der Waals surface area contributed by atoms with Gasteiger partial charge in [-0.2, -0.15) is 0 Å². The second-order valence-corrected chi connectivity index (χ2v) is 3.40. The van der Waals surface area contributed by atoms with Crippen LogP contribution in [0.25, 0.3) is 0 Å². The van der Waals surface area contributed by atoms with Gasteiger partial charge in [0.15, 0.2) is 0 Å². The lowest BCUT2D eigenvalue weighted by molar-refractivity contribution is -0.120. The summed E-state index contributed by atoms with van der Waals surface area (Å²) in [5, 5.41) is 0. The Morgan fingerprint density at radius 3 is 2.92 bits per heavy atom. The van der Waals surface area contributed by atoms with Crippen LogP contribution in [0, 0.1) is 5.82 Å². The Kier molecular flexibility index (Phi) is 3.39. The number of nitrogens with two attached hydrogens (primary N) is 1. The highest BCUT2D eigenvalue weighted by atomic mass is 79.9. The molecule has 0 aromatic heterocycles. The molecule has 1 amide bonds. The fourth-order valence-corrected chi connectivity index (χ4v) is 1.31. The van der Waals surface area contributed by atoms with E-state index in [1.165, 1.54) is 6.07 Å². The summed E-state index contributed by atoms with van der Waals surface area (Å²) in [6.07, 6.45) is -0.0538. The largest absolute Gasteiger partial charge is 0.294 e. The van der Waals surface area contributed by atoms with Crippen molar-refractivity contribution in [3.05, 3.63) is 34.1 Å². The number of amides is 1. The lowest BCUT2D eigenvalue weighted by atomic mass is 10.1. The second-order valence-electron chi connectivity index (χ2n) is 2.48. The molecule has 0 aliphatic rings. The first-order chi connectivity index (χ1) is 6.13. The van der Waals surface area contributed by atoms with E-state index in [9.17, 15) is 9.18 Å². The normalized spacial score (nSPS) is 9.77. The molecule has 5 heteroatoms. The summed E-state index contributed by atoms with van der Waals surface area (Å²) < 4.78 is 13.8. The fraction of sp³-hybridized carbons (Fsp3) is 0.125. The zero-order valence-electron chi connectivity index (χ0n) is 6.68. The Morgan fingerprint density at radius 1 is 1.62 bits per heavy atom. The number of benzene rings is 1. The molecule has 0 aliphatic carbocycles.